The van der Waals surface area contributed by atoms with Crippen molar-refractivity contribution in [3.63, 3.8) is 0 Å². The number of carbonyl (C=O) groups excluding carboxylic acids is 1. The van der Waals surface area contributed by atoms with E-state index in [0.717, 1.165) is 25.7 Å². The summed E-state index contributed by atoms with van der Waals surface area (Å²) in [7, 11) is 0. The summed E-state index contributed by atoms with van der Waals surface area (Å²) in [5, 5.41) is 0.798. The molecule has 3 rings (SSSR count). The Hall–Kier alpha value is -2.45. The zero-order chi connectivity index (χ0) is 19.9. The van der Waals surface area contributed by atoms with Crippen LogP contribution in [0.15, 0.2) is 24.5 Å². The van der Waals surface area contributed by atoms with Crippen LogP contribution in [0.4, 0.5) is 11.5 Å². The molecule has 4 N–H and O–H groups in total. The summed E-state index contributed by atoms with van der Waals surface area (Å²) in [5.41, 5.74) is 11.4. The molecular formula is C18H21Cl2N5O3. The number of nitrogen functional groups attached to an aromatic ring is 1. The average molecular weight is 426 g/mol. The number of hydrogen-bond donors (Lipinski definition) is 3. The number of hydrazine groups is 1. The Morgan fingerprint density at radius 2 is 2.00 bits per heavy atom. The number of anilines is 2. The normalized spacial score (nSPS) is 14.4. The van der Waals surface area contributed by atoms with Crippen LogP contribution in [0.5, 0.6) is 11.6 Å². The van der Waals surface area contributed by atoms with Gasteiger partial charge in [-0.05, 0) is 43.9 Å². The summed E-state index contributed by atoms with van der Waals surface area (Å²) in [6.45, 7) is -0.259. The lowest BCUT2D eigenvalue weighted by atomic mass is 9.98. The Morgan fingerprint density at radius 3 is 2.75 bits per heavy atom. The highest BCUT2D eigenvalue weighted by atomic mass is 35.5. The Balaban J connectivity index is 1.52. The number of nitrogens with two attached hydrogens (primary N) is 1. The van der Waals surface area contributed by atoms with E-state index in [2.05, 4.69) is 20.8 Å². The van der Waals surface area contributed by atoms with Crippen molar-refractivity contribution < 1.29 is 14.3 Å². The van der Waals surface area contributed by atoms with Crippen LogP contribution in [0.3, 0.4) is 0 Å². The predicted molar refractivity (Wildman–Crippen MR) is 108 cm³/mol. The summed E-state index contributed by atoms with van der Waals surface area (Å²) < 4.78 is 11.2. The van der Waals surface area contributed by atoms with Gasteiger partial charge in [0.1, 0.15) is 23.9 Å². The van der Waals surface area contributed by atoms with Crippen LogP contribution < -0.4 is 26.1 Å². The van der Waals surface area contributed by atoms with Crippen molar-refractivity contribution in [1.29, 1.82) is 0 Å². The van der Waals surface area contributed by atoms with E-state index in [1.807, 2.05) is 0 Å². The van der Waals surface area contributed by atoms with Crippen molar-refractivity contribution in [2.75, 3.05) is 17.8 Å². The number of rotatable bonds is 7. The van der Waals surface area contributed by atoms with E-state index in [9.17, 15) is 4.79 Å². The number of halogens is 2. The van der Waals surface area contributed by atoms with E-state index in [-0.39, 0.29) is 24.2 Å². The maximum atomic E-state index is 12.0. The lowest BCUT2D eigenvalue weighted by Gasteiger charge is -2.23. The number of hydrogen-bond acceptors (Lipinski definition) is 7. The Labute approximate surface area is 172 Å². The van der Waals surface area contributed by atoms with E-state index in [1.165, 1.54) is 18.8 Å². The van der Waals surface area contributed by atoms with Crippen LogP contribution in [-0.2, 0) is 4.79 Å². The number of nitrogens with zero attached hydrogens (tertiary/aromatic N) is 2. The van der Waals surface area contributed by atoms with Crippen LogP contribution in [-0.4, -0.2) is 28.6 Å². The number of benzene rings is 1. The van der Waals surface area contributed by atoms with Crippen molar-refractivity contribution in [3.05, 3.63) is 34.6 Å². The van der Waals surface area contributed by atoms with Gasteiger partial charge in [0.15, 0.2) is 12.4 Å². The van der Waals surface area contributed by atoms with Gasteiger partial charge in [-0.15, -0.1) is 0 Å². The minimum absolute atomic E-state index is 0.103. The standard InChI is InChI=1S/C18H21Cl2N5O3/c19-11-6-7-14(13(20)8-11)27-9-15(26)24-25-17-16(21)18(23-10-22-17)28-12-4-2-1-3-5-12/h6-8,10,12H,1-5,9,21H2,(H,24,26)(H,22,23,25). The molecule has 1 fully saturated rings. The number of ether oxygens (including phenoxy) is 2. The van der Waals surface area contributed by atoms with Crippen molar-refractivity contribution in [3.8, 4) is 11.6 Å². The van der Waals surface area contributed by atoms with Crippen molar-refractivity contribution >= 4 is 40.6 Å². The molecule has 150 valence electrons. The largest absolute Gasteiger partial charge is 0.482 e. The molecule has 0 radical (unpaired) electrons. The first-order chi connectivity index (χ1) is 13.5. The second kappa shape index (κ2) is 9.66. The highest BCUT2D eigenvalue weighted by molar-refractivity contribution is 6.35. The van der Waals surface area contributed by atoms with Gasteiger partial charge in [-0.3, -0.25) is 15.6 Å². The first-order valence-corrected chi connectivity index (χ1v) is 9.68. The molecule has 1 saturated carbocycles. The number of aromatic nitrogens is 2. The van der Waals surface area contributed by atoms with Crippen molar-refractivity contribution in [1.82, 2.24) is 15.4 Å². The second-order valence-corrected chi connectivity index (χ2v) is 7.20. The molecule has 0 atom stereocenters. The predicted octanol–water partition coefficient (Wildman–Crippen LogP) is 3.60. The molecule has 0 aliphatic heterocycles. The summed E-state index contributed by atoms with van der Waals surface area (Å²) in [6, 6.07) is 4.74. The monoisotopic (exact) mass is 425 g/mol. The summed E-state index contributed by atoms with van der Waals surface area (Å²) in [5.74, 6) is 0.464. The van der Waals surface area contributed by atoms with Gasteiger partial charge in [0, 0.05) is 5.02 Å². The van der Waals surface area contributed by atoms with Gasteiger partial charge in [0.2, 0.25) is 5.88 Å². The fourth-order valence-corrected chi connectivity index (χ4v) is 3.28. The molecule has 0 spiro atoms. The molecule has 10 heteroatoms. The zero-order valence-corrected chi connectivity index (χ0v) is 16.6. The lowest BCUT2D eigenvalue weighted by molar-refractivity contribution is -0.122. The van der Waals surface area contributed by atoms with Gasteiger partial charge >= 0.3 is 0 Å². The number of amides is 1. The molecule has 1 aromatic heterocycles. The van der Waals surface area contributed by atoms with E-state index in [4.69, 9.17) is 38.4 Å². The molecule has 1 aromatic carbocycles. The fraction of sp³-hybridized carbons (Fsp3) is 0.389. The van der Waals surface area contributed by atoms with E-state index in [1.54, 1.807) is 12.1 Å². The molecular weight excluding hydrogens is 405 g/mol. The Kier molecular flexibility index (Phi) is 7.00. The van der Waals surface area contributed by atoms with Crippen LogP contribution >= 0.6 is 23.2 Å². The first kappa shape index (κ1) is 20.3. The highest BCUT2D eigenvalue weighted by Gasteiger charge is 2.18. The van der Waals surface area contributed by atoms with Crippen molar-refractivity contribution in [2.24, 2.45) is 0 Å². The van der Waals surface area contributed by atoms with Gasteiger partial charge in [0.05, 0.1) is 5.02 Å². The van der Waals surface area contributed by atoms with Crippen LogP contribution in [0.25, 0.3) is 0 Å². The third kappa shape index (κ3) is 5.53. The van der Waals surface area contributed by atoms with Crippen molar-refractivity contribution in [2.45, 2.75) is 38.2 Å². The van der Waals surface area contributed by atoms with Crippen LogP contribution in [0.2, 0.25) is 10.0 Å². The van der Waals surface area contributed by atoms with Gasteiger partial charge in [0.25, 0.3) is 5.91 Å². The molecule has 0 bridgehead atoms. The summed E-state index contributed by atoms with van der Waals surface area (Å²) in [4.78, 5) is 20.1. The maximum absolute atomic E-state index is 12.0. The third-order valence-electron chi connectivity index (χ3n) is 4.25. The first-order valence-electron chi connectivity index (χ1n) is 8.93. The Morgan fingerprint density at radius 1 is 1.21 bits per heavy atom. The number of nitrogens with one attached hydrogen (secondary N) is 2. The van der Waals surface area contributed by atoms with Gasteiger partial charge in [-0.2, -0.15) is 4.98 Å². The molecule has 1 amide bonds. The molecule has 0 unspecified atom stereocenters. The highest BCUT2D eigenvalue weighted by Crippen LogP contribution is 2.29. The smallest absolute Gasteiger partial charge is 0.276 e. The second-order valence-electron chi connectivity index (χ2n) is 6.36. The van der Waals surface area contributed by atoms with Gasteiger partial charge in [-0.1, -0.05) is 29.6 Å². The van der Waals surface area contributed by atoms with E-state index in [0.29, 0.717) is 21.7 Å². The quantitative estimate of drug-likeness (QED) is 0.580. The van der Waals surface area contributed by atoms with Crippen LogP contribution in [0.1, 0.15) is 32.1 Å². The molecule has 2 aromatic rings. The summed E-state index contributed by atoms with van der Waals surface area (Å²) in [6.07, 6.45) is 6.88. The molecule has 28 heavy (non-hydrogen) atoms. The maximum Gasteiger partial charge on any atom is 0.276 e. The molecule has 8 nitrogen and oxygen atoms in total. The van der Waals surface area contributed by atoms with E-state index < -0.39 is 5.91 Å². The SMILES string of the molecule is Nc1c(NNC(=O)COc2ccc(Cl)cc2Cl)ncnc1OC1CCCCC1. The van der Waals surface area contributed by atoms with Crippen LogP contribution in [0, 0.1) is 0 Å². The molecule has 1 aliphatic carbocycles. The summed E-state index contributed by atoms with van der Waals surface area (Å²) >= 11 is 11.8. The lowest BCUT2D eigenvalue weighted by Crippen LogP contribution is -2.34. The average Bonchev–Trinajstić information content (AvgIpc) is 2.69. The van der Waals surface area contributed by atoms with E-state index >= 15 is 0 Å². The molecule has 1 aliphatic rings. The third-order valence-corrected chi connectivity index (χ3v) is 4.78. The molecule has 0 saturated heterocycles. The molecule has 1 heterocycles. The van der Waals surface area contributed by atoms with Gasteiger partial charge in [-0.25, -0.2) is 4.98 Å². The fourth-order valence-electron chi connectivity index (χ4n) is 2.81. The minimum Gasteiger partial charge on any atom is -0.482 e. The number of carbonyl (C=O) groups is 1. The topological polar surface area (TPSA) is 111 Å². The zero-order valence-electron chi connectivity index (χ0n) is 15.1. The van der Waals surface area contributed by atoms with Gasteiger partial charge < -0.3 is 15.2 Å². The Bertz CT molecular complexity index is 831. The minimum atomic E-state index is -0.446.